The Balaban J connectivity index is 2.07. The lowest BCUT2D eigenvalue weighted by atomic mass is 9.81. The summed E-state index contributed by atoms with van der Waals surface area (Å²) in [7, 11) is -1.04. The Kier molecular flexibility index (Phi) is 8.20. The van der Waals surface area contributed by atoms with E-state index in [0.717, 1.165) is 27.6 Å². The molecule has 0 bridgehead atoms. The van der Waals surface area contributed by atoms with Gasteiger partial charge in [-0.15, -0.1) is 0 Å². The molecule has 0 aromatic rings. The predicted molar refractivity (Wildman–Crippen MR) is 134 cm³/mol. The summed E-state index contributed by atoms with van der Waals surface area (Å²) in [6.07, 6.45) is 21.6. The van der Waals surface area contributed by atoms with Gasteiger partial charge in [-0.3, -0.25) is 0 Å². The molecule has 2 aliphatic carbocycles. The first-order valence-corrected chi connectivity index (χ1v) is 16.7. The molecule has 164 valence electrons. The van der Waals surface area contributed by atoms with Crippen molar-refractivity contribution in [1.82, 2.24) is 0 Å². The molecule has 0 nitrogen and oxygen atoms in total. The SMILES string of the molecule is CC(C)S(C)(C(C)C)[C@H](C)C1CCCC(CS(C)(C)C2(C)CCCCC2)C1. The van der Waals surface area contributed by atoms with Crippen LogP contribution in [-0.2, 0) is 0 Å². The zero-order valence-corrected chi connectivity index (χ0v) is 21.9. The molecule has 0 aromatic carbocycles. The molecule has 0 aromatic heterocycles. The molecule has 2 unspecified atom stereocenters. The van der Waals surface area contributed by atoms with Crippen LogP contribution in [0.5, 0.6) is 0 Å². The largest absolute Gasteiger partial charge is 0.241 e. The molecule has 2 fully saturated rings. The van der Waals surface area contributed by atoms with E-state index in [1.165, 1.54) is 57.8 Å². The second-order valence-electron chi connectivity index (χ2n) is 11.4. The molecule has 0 radical (unpaired) electrons. The molecule has 0 spiro atoms. The maximum atomic E-state index is 2.70. The minimum atomic E-state index is -0.543. The van der Waals surface area contributed by atoms with Gasteiger partial charge in [-0.05, 0) is 89.0 Å². The number of rotatable bonds is 7. The van der Waals surface area contributed by atoms with E-state index in [-0.39, 0.29) is 0 Å². The average Bonchev–Trinajstić information content (AvgIpc) is 2.60. The average molecular weight is 417 g/mol. The van der Waals surface area contributed by atoms with Crippen molar-refractivity contribution in [3.05, 3.63) is 0 Å². The Labute approximate surface area is 176 Å². The van der Waals surface area contributed by atoms with Crippen molar-refractivity contribution in [3.63, 3.8) is 0 Å². The highest BCUT2D eigenvalue weighted by Crippen LogP contribution is 2.63. The van der Waals surface area contributed by atoms with E-state index in [1.54, 1.807) is 5.75 Å². The van der Waals surface area contributed by atoms with Crippen LogP contribution >= 0.6 is 20.1 Å². The molecule has 3 atom stereocenters. The highest BCUT2D eigenvalue weighted by molar-refractivity contribution is 8.34. The van der Waals surface area contributed by atoms with Gasteiger partial charge in [0.25, 0.3) is 0 Å². The standard InChI is InChI=1S/C25H52S2/c1-20(2)27(9,21(3)4)22(5)24-15-13-14-23(18-24)19-26(7,8)25(6)16-11-10-12-17-25/h20-24H,10-19H2,1-9H3/t22-,23?,24?/m1/s1. The topological polar surface area (TPSA) is 0 Å². The highest BCUT2D eigenvalue weighted by atomic mass is 32.3. The third kappa shape index (κ3) is 5.07. The number of hydrogen-bond acceptors (Lipinski definition) is 0. The van der Waals surface area contributed by atoms with E-state index in [0.29, 0.717) is 4.75 Å². The van der Waals surface area contributed by atoms with E-state index in [1.807, 2.05) is 0 Å². The Morgan fingerprint density at radius 3 is 1.89 bits per heavy atom. The molecule has 2 heteroatoms. The van der Waals surface area contributed by atoms with Crippen molar-refractivity contribution in [1.29, 1.82) is 0 Å². The first kappa shape index (κ1) is 24.0. The lowest BCUT2D eigenvalue weighted by Gasteiger charge is -2.55. The van der Waals surface area contributed by atoms with Crippen LogP contribution in [0.25, 0.3) is 0 Å². The van der Waals surface area contributed by atoms with E-state index >= 15 is 0 Å². The van der Waals surface area contributed by atoms with Gasteiger partial charge >= 0.3 is 0 Å². The molecule has 2 rings (SSSR count). The fourth-order valence-electron chi connectivity index (χ4n) is 6.37. The Hall–Kier alpha value is 0.700. The molecular formula is C25H52S2. The molecule has 2 aliphatic rings. The van der Waals surface area contributed by atoms with Crippen molar-refractivity contribution >= 4 is 20.1 Å². The van der Waals surface area contributed by atoms with Crippen molar-refractivity contribution in [3.8, 4) is 0 Å². The first-order chi connectivity index (χ1) is 12.4. The van der Waals surface area contributed by atoms with Crippen LogP contribution in [0.1, 0.15) is 99.3 Å². The summed E-state index contributed by atoms with van der Waals surface area (Å²) in [6, 6.07) is 0. The molecule has 27 heavy (non-hydrogen) atoms. The maximum Gasteiger partial charge on any atom is -0.00305 e. The van der Waals surface area contributed by atoms with Crippen molar-refractivity contribution in [2.45, 2.75) is 120 Å². The second kappa shape index (κ2) is 9.23. The second-order valence-corrected chi connectivity index (χ2v) is 20.7. The summed E-state index contributed by atoms with van der Waals surface area (Å²) >= 11 is 0. The van der Waals surface area contributed by atoms with Gasteiger partial charge in [0, 0.05) is 0 Å². The summed E-state index contributed by atoms with van der Waals surface area (Å²) in [5.41, 5.74) is 0. The molecule has 0 heterocycles. The molecular weight excluding hydrogens is 364 g/mol. The van der Waals surface area contributed by atoms with Crippen LogP contribution in [0, 0.1) is 11.8 Å². The summed E-state index contributed by atoms with van der Waals surface area (Å²) in [4.78, 5) is 0. The first-order valence-electron chi connectivity index (χ1n) is 11.9. The van der Waals surface area contributed by atoms with Crippen LogP contribution in [0.15, 0.2) is 0 Å². The Bertz CT molecular complexity index is 451. The molecule has 0 aliphatic heterocycles. The van der Waals surface area contributed by atoms with Gasteiger partial charge in [0.15, 0.2) is 0 Å². The Morgan fingerprint density at radius 2 is 1.37 bits per heavy atom. The van der Waals surface area contributed by atoms with Gasteiger partial charge in [0.1, 0.15) is 0 Å². The number of hydrogen-bond donors (Lipinski definition) is 0. The summed E-state index contributed by atoms with van der Waals surface area (Å²) in [6.45, 7) is 15.3. The van der Waals surface area contributed by atoms with E-state index in [9.17, 15) is 0 Å². The van der Waals surface area contributed by atoms with Gasteiger partial charge in [-0.25, -0.2) is 20.1 Å². The van der Waals surface area contributed by atoms with Crippen LogP contribution in [0.3, 0.4) is 0 Å². The van der Waals surface area contributed by atoms with Gasteiger partial charge in [0.2, 0.25) is 0 Å². The van der Waals surface area contributed by atoms with Crippen LogP contribution in [0.2, 0.25) is 0 Å². The predicted octanol–water partition coefficient (Wildman–Crippen LogP) is 8.22. The van der Waals surface area contributed by atoms with E-state index in [2.05, 4.69) is 60.3 Å². The monoisotopic (exact) mass is 416 g/mol. The van der Waals surface area contributed by atoms with Gasteiger partial charge in [0.05, 0.1) is 0 Å². The summed E-state index contributed by atoms with van der Waals surface area (Å²) in [5, 5.41) is 2.65. The van der Waals surface area contributed by atoms with Crippen LogP contribution in [-0.4, -0.2) is 45.0 Å². The fraction of sp³-hybridized carbons (Fsp3) is 1.00. The van der Waals surface area contributed by atoms with Gasteiger partial charge < -0.3 is 0 Å². The normalized spacial score (nSPS) is 29.7. The fourth-order valence-corrected chi connectivity index (χ4v) is 13.5. The minimum absolute atomic E-state index is 0.493. The molecule has 0 N–H and O–H groups in total. The van der Waals surface area contributed by atoms with Gasteiger partial charge in [-0.2, -0.15) is 0 Å². The lowest BCUT2D eigenvalue weighted by Crippen LogP contribution is -2.39. The summed E-state index contributed by atoms with van der Waals surface area (Å²) < 4.78 is 0.666. The molecule has 0 saturated heterocycles. The zero-order chi connectivity index (χ0) is 20.5. The lowest BCUT2D eigenvalue weighted by molar-refractivity contribution is 0.282. The van der Waals surface area contributed by atoms with Crippen molar-refractivity contribution in [2.75, 3.05) is 24.5 Å². The van der Waals surface area contributed by atoms with Crippen LogP contribution < -0.4 is 0 Å². The van der Waals surface area contributed by atoms with Crippen molar-refractivity contribution < 1.29 is 0 Å². The zero-order valence-electron chi connectivity index (χ0n) is 20.3. The van der Waals surface area contributed by atoms with Gasteiger partial charge in [-0.1, -0.05) is 67.2 Å². The van der Waals surface area contributed by atoms with E-state index < -0.39 is 20.1 Å². The van der Waals surface area contributed by atoms with E-state index in [4.69, 9.17) is 0 Å². The van der Waals surface area contributed by atoms with Crippen molar-refractivity contribution in [2.24, 2.45) is 11.8 Å². The molecule has 0 amide bonds. The smallest absolute Gasteiger partial charge is 0.00305 e. The third-order valence-corrected chi connectivity index (χ3v) is 19.6. The maximum absolute atomic E-state index is 2.70. The van der Waals surface area contributed by atoms with Crippen LogP contribution in [0.4, 0.5) is 0 Å². The quantitative estimate of drug-likeness (QED) is 0.392. The highest BCUT2D eigenvalue weighted by Gasteiger charge is 2.42. The third-order valence-electron chi connectivity index (χ3n) is 9.22. The summed E-state index contributed by atoms with van der Waals surface area (Å²) in [5.74, 6) is 3.56. The molecule has 2 saturated carbocycles. The Morgan fingerprint density at radius 1 is 0.815 bits per heavy atom. The minimum Gasteiger partial charge on any atom is -0.241 e.